The van der Waals surface area contributed by atoms with E-state index in [2.05, 4.69) is 41.7 Å². The maximum Gasteiger partial charge on any atom is 0.408 e. The molecule has 0 bridgehead atoms. The molecule has 0 heterocycles. The van der Waals surface area contributed by atoms with Crippen LogP contribution in [0.1, 0.15) is 62.4 Å². The van der Waals surface area contributed by atoms with Crippen molar-refractivity contribution in [1.29, 1.82) is 0 Å². The first-order valence-electron chi connectivity index (χ1n) is 14.7. The van der Waals surface area contributed by atoms with Gasteiger partial charge in [0.15, 0.2) is 0 Å². The summed E-state index contributed by atoms with van der Waals surface area (Å²) < 4.78 is 11.2. The highest BCUT2D eigenvalue weighted by Crippen LogP contribution is 2.36. The van der Waals surface area contributed by atoms with Gasteiger partial charge < -0.3 is 19.7 Å². The van der Waals surface area contributed by atoms with Crippen LogP contribution in [0.2, 0.25) is 0 Å². The average Bonchev–Trinajstić information content (AvgIpc) is 3.53. The second kappa shape index (κ2) is 12.0. The smallest absolute Gasteiger partial charge is 0.408 e. The number of carbonyl (C=O) groups excluding carboxylic acids is 3. The predicted octanol–water partition coefficient (Wildman–Crippen LogP) is 5.85. The maximum absolute atomic E-state index is 14.0. The fourth-order valence-corrected chi connectivity index (χ4v) is 5.95. The minimum atomic E-state index is -0.863. The molecule has 0 saturated carbocycles. The summed E-state index contributed by atoms with van der Waals surface area (Å²) in [6.07, 6.45) is 1.47. The van der Waals surface area contributed by atoms with Gasteiger partial charge in [-0.15, -0.1) is 0 Å². The highest BCUT2D eigenvalue weighted by atomic mass is 16.6. The van der Waals surface area contributed by atoms with Gasteiger partial charge in [0.2, 0.25) is 5.91 Å². The van der Waals surface area contributed by atoms with Crippen molar-refractivity contribution in [2.75, 3.05) is 6.54 Å². The van der Waals surface area contributed by atoms with E-state index in [1.54, 1.807) is 25.7 Å². The molecule has 2 aliphatic rings. The Hall–Kier alpha value is -4.13. The van der Waals surface area contributed by atoms with Crippen molar-refractivity contribution in [1.82, 2.24) is 10.2 Å². The molecule has 0 fully saturated rings. The Bertz CT molecular complexity index is 1460. The highest BCUT2D eigenvalue weighted by Gasteiger charge is 2.37. The third kappa shape index (κ3) is 6.67. The van der Waals surface area contributed by atoms with Crippen LogP contribution in [0.15, 0.2) is 66.7 Å². The summed E-state index contributed by atoms with van der Waals surface area (Å²) in [5.74, 6) is -1.02. The van der Waals surface area contributed by atoms with Crippen LogP contribution >= 0.6 is 0 Å². The Balaban J connectivity index is 1.26. The molecule has 0 aliphatic heterocycles. The van der Waals surface area contributed by atoms with E-state index in [9.17, 15) is 14.4 Å². The fraction of sp³-hybridized carbons (Fsp3) is 0.400. The summed E-state index contributed by atoms with van der Waals surface area (Å²) in [6.45, 7) is 9.05. The first-order valence-corrected chi connectivity index (χ1v) is 14.7. The van der Waals surface area contributed by atoms with Crippen LogP contribution in [-0.2, 0) is 44.9 Å². The summed E-state index contributed by atoms with van der Waals surface area (Å²) in [6, 6.07) is 21.5. The lowest BCUT2D eigenvalue weighted by atomic mass is 10.0. The molecular weight excluding hydrogens is 528 g/mol. The number of hydrogen-bond acceptors (Lipinski definition) is 5. The molecule has 3 aromatic carbocycles. The molecule has 220 valence electrons. The standard InChI is InChI=1S/C35H40N2O5/c1-22(2)32(36-34(40)41-21-23-14-15-30-27(16-23)17-26-12-8-9-13-29(26)30)33(39)37(20-31(38)42-35(3,4)5)28-18-24-10-6-7-11-25(24)19-28/h6-16,22,28,32H,17-21H2,1-5H3,(H,36,40)/t32-/m0/s1. The summed E-state index contributed by atoms with van der Waals surface area (Å²) in [7, 11) is 0. The van der Waals surface area contributed by atoms with Gasteiger partial charge in [0.25, 0.3) is 0 Å². The molecule has 2 aliphatic carbocycles. The number of amides is 2. The van der Waals surface area contributed by atoms with Gasteiger partial charge in [-0.25, -0.2) is 4.79 Å². The second-order valence-electron chi connectivity index (χ2n) is 12.7. The molecule has 42 heavy (non-hydrogen) atoms. The molecule has 5 rings (SSSR count). The van der Waals surface area contributed by atoms with Gasteiger partial charge in [-0.3, -0.25) is 9.59 Å². The molecular formula is C35H40N2O5. The Labute approximate surface area is 248 Å². The number of esters is 1. The third-order valence-corrected chi connectivity index (χ3v) is 7.91. The molecule has 0 radical (unpaired) electrons. The molecule has 2 amide bonds. The molecule has 3 aromatic rings. The average molecular weight is 569 g/mol. The van der Waals surface area contributed by atoms with Crippen LogP contribution in [0.25, 0.3) is 11.1 Å². The molecule has 0 saturated heterocycles. The lowest BCUT2D eigenvalue weighted by Gasteiger charge is -2.34. The number of fused-ring (bicyclic) bond motifs is 4. The molecule has 7 heteroatoms. The SMILES string of the molecule is CC(C)[C@H](NC(=O)OCc1ccc2c(c1)Cc1ccccc1-2)C(=O)N(CC(=O)OC(C)(C)C)C1Cc2ccccc2C1. The number of rotatable bonds is 8. The zero-order chi connectivity index (χ0) is 30.0. The first-order chi connectivity index (χ1) is 20.0. The van der Waals surface area contributed by atoms with Crippen LogP contribution in [0, 0.1) is 5.92 Å². The third-order valence-electron chi connectivity index (χ3n) is 7.91. The van der Waals surface area contributed by atoms with E-state index in [-0.39, 0.29) is 31.0 Å². The number of nitrogens with zero attached hydrogens (tertiary/aromatic N) is 1. The van der Waals surface area contributed by atoms with E-state index in [0.717, 1.165) is 23.1 Å². The zero-order valence-electron chi connectivity index (χ0n) is 25.1. The van der Waals surface area contributed by atoms with Crippen molar-refractivity contribution in [3.8, 4) is 11.1 Å². The Morgan fingerprint density at radius 1 is 0.881 bits per heavy atom. The Morgan fingerprint density at radius 2 is 1.50 bits per heavy atom. The fourth-order valence-electron chi connectivity index (χ4n) is 5.95. The van der Waals surface area contributed by atoms with Gasteiger partial charge in [0.05, 0.1) is 0 Å². The van der Waals surface area contributed by atoms with Crippen molar-refractivity contribution in [3.63, 3.8) is 0 Å². The van der Waals surface area contributed by atoms with Gasteiger partial charge >= 0.3 is 12.1 Å². The Kier molecular flexibility index (Phi) is 8.39. The minimum absolute atomic E-state index is 0.0913. The van der Waals surface area contributed by atoms with Crippen LogP contribution in [0.5, 0.6) is 0 Å². The molecule has 0 unspecified atom stereocenters. The summed E-state index contributed by atoms with van der Waals surface area (Å²) in [5.41, 5.74) is 7.50. The van der Waals surface area contributed by atoms with Gasteiger partial charge in [0, 0.05) is 6.04 Å². The lowest BCUT2D eigenvalue weighted by molar-refractivity contribution is -0.160. The van der Waals surface area contributed by atoms with E-state index in [1.165, 1.54) is 22.3 Å². The molecule has 0 spiro atoms. The summed E-state index contributed by atoms with van der Waals surface area (Å²) in [4.78, 5) is 41.5. The van der Waals surface area contributed by atoms with E-state index in [0.29, 0.717) is 12.8 Å². The second-order valence-corrected chi connectivity index (χ2v) is 12.7. The van der Waals surface area contributed by atoms with E-state index >= 15 is 0 Å². The summed E-state index contributed by atoms with van der Waals surface area (Å²) in [5, 5.41) is 2.80. The zero-order valence-corrected chi connectivity index (χ0v) is 25.1. The number of carbonyl (C=O) groups is 3. The minimum Gasteiger partial charge on any atom is -0.459 e. The van der Waals surface area contributed by atoms with E-state index < -0.39 is 23.7 Å². The van der Waals surface area contributed by atoms with Crippen molar-refractivity contribution in [3.05, 3.63) is 94.5 Å². The maximum atomic E-state index is 14.0. The topological polar surface area (TPSA) is 84.9 Å². The van der Waals surface area contributed by atoms with Crippen molar-refractivity contribution < 1.29 is 23.9 Å². The molecule has 1 N–H and O–H groups in total. The van der Waals surface area contributed by atoms with Crippen LogP contribution < -0.4 is 5.32 Å². The normalized spacial score (nSPS) is 14.5. The lowest BCUT2D eigenvalue weighted by Crippen LogP contribution is -2.56. The predicted molar refractivity (Wildman–Crippen MR) is 162 cm³/mol. The van der Waals surface area contributed by atoms with Gasteiger partial charge in [-0.2, -0.15) is 0 Å². The van der Waals surface area contributed by atoms with Gasteiger partial charge in [0.1, 0.15) is 24.8 Å². The molecule has 1 atom stereocenters. The Morgan fingerprint density at radius 3 is 2.14 bits per heavy atom. The monoisotopic (exact) mass is 568 g/mol. The van der Waals surface area contributed by atoms with E-state index in [4.69, 9.17) is 9.47 Å². The van der Waals surface area contributed by atoms with Gasteiger partial charge in [-0.1, -0.05) is 80.6 Å². The number of nitrogens with one attached hydrogen (secondary N) is 1. The van der Waals surface area contributed by atoms with Crippen LogP contribution in [-0.4, -0.2) is 47.1 Å². The first kappa shape index (κ1) is 29.4. The van der Waals surface area contributed by atoms with Crippen LogP contribution in [0.4, 0.5) is 4.79 Å². The summed E-state index contributed by atoms with van der Waals surface area (Å²) >= 11 is 0. The number of ether oxygens (including phenoxy) is 2. The van der Waals surface area contributed by atoms with Gasteiger partial charge in [-0.05, 0) is 84.9 Å². The van der Waals surface area contributed by atoms with Crippen LogP contribution in [0.3, 0.4) is 0 Å². The number of hydrogen-bond donors (Lipinski definition) is 1. The molecule has 7 nitrogen and oxygen atoms in total. The number of alkyl carbamates (subject to hydrolysis) is 1. The van der Waals surface area contributed by atoms with Crippen molar-refractivity contribution in [2.24, 2.45) is 5.92 Å². The van der Waals surface area contributed by atoms with E-state index in [1.807, 2.05) is 44.2 Å². The number of benzene rings is 3. The van der Waals surface area contributed by atoms with Crippen molar-refractivity contribution >= 4 is 18.0 Å². The molecule has 0 aromatic heterocycles. The largest absolute Gasteiger partial charge is 0.459 e. The quantitative estimate of drug-likeness (QED) is 0.270. The highest BCUT2D eigenvalue weighted by molar-refractivity contribution is 5.89. The van der Waals surface area contributed by atoms with Crippen molar-refractivity contribution in [2.45, 2.75) is 78.2 Å².